The van der Waals surface area contributed by atoms with E-state index in [9.17, 15) is 9.90 Å². The molecular formula is C10H7NO2S. The molecule has 2 rings (SSSR count). The van der Waals surface area contributed by atoms with Crippen molar-refractivity contribution in [1.82, 2.24) is 4.37 Å². The molecule has 0 atom stereocenters. The van der Waals surface area contributed by atoms with Gasteiger partial charge in [-0.3, -0.25) is 4.79 Å². The van der Waals surface area contributed by atoms with Crippen molar-refractivity contribution < 1.29 is 5.11 Å². The molecule has 4 heteroatoms. The molecule has 2 aromatic rings. The molecule has 1 heterocycles. The normalized spacial score (nSPS) is 10.0. The lowest BCUT2D eigenvalue weighted by atomic mass is 10.2. The van der Waals surface area contributed by atoms with Crippen molar-refractivity contribution in [2.24, 2.45) is 0 Å². The summed E-state index contributed by atoms with van der Waals surface area (Å²) in [6.07, 6.45) is 0. The van der Waals surface area contributed by atoms with Crippen LogP contribution in [-0.4, -0.2) is 9.48 Å². The van der Waals surface area contributed by atoms with E-state index in [1.165, 1.54) is 17.6 Å². The maximum absolute atomic E-state index is 11.3. The fraction of sp³-hybridized carbons (Fsp3) is 0. The SMILES string of the molecule is O=c1ccccc(-c2ccsn2)c1O. The van der Waals surface area contributed by atoms with Gasteiger partial charge >= 0.3 is 0 Å². The van der Waals surface area contributed by atoms with Gasteiger partial charge in [-0.2, -0.15) is 4.37 Å². The summed E-state index contributed by atoms with van der Waals surface area (Å²) in [4.78, 5) is 11.3. The molecule has 0 saturated carbocycles. The highest BCUT2D eigenvalue weighted by molar-refractivity contribution is 7.03. The number of aromatic hydroxyl groups is 1. The number of hydrogen-bond donors (Lipinski definition) is 1. The third-order valence-electron chi connectivity index (χ3n) is 1.82. The molecule has 0 spiro atoms. The van der Waals surface area contributed by atoms with Gasteiger partial charge in [-0.25, -0.2) is 0 Å². The zero-order chi connectivity index (χ0) is 9.97. The summed E-state index contributed by atoms with van der Waals surface area (Å²) < 4.78 is 4.06. The van der Waals surface area contributed by atoms with Crippen LogP contribution in [0.5, 0.6) is 5.75 Å². The monoisotopic (exact) mass is 205 g/mol. The molecule has 0 amide bonds. The minimum absolute atomic E-state index is 0.249. The lowest BCUT2D eigenvalue weighted by Crippen LogP contribution is -1.94. The molecule has 0 radical (unpaired) electrons. The van der Waals surface area contributed by atoms with Gasteiger partial charge in [0.2, 0.25) is 5.43 Å². The van der Waals surface area contributed by atoms with E-state index in [4.69, 9.17) is 0 Å². The van der Waals surface area contributed by atoms with Crippen molar-refractivity contribution in [3.8, 4) is 17.0 Å². The molecule has 0 aliphatic rings. The summed E-state index contributed by atoms with van der Waals surface area (Å²) in [6.45, 7) is 0. The molecule has 0 unspecified atom stereocenters. The van der Waals surface area contributed by atoms with Crippen LogP contribution in [0, 0.1) is 0 Å². The van der Waals surface area contributed by atoms with Crippen LogP contribution in [0.3, 0.4) is 0 Å². The first-order chi connectivity index (χ1) is 6.79. The zero-order valence-corrected chi connectivity index (χ0v) is 7.99. The molecule has 1 aromatic carbocycles. The Bertz CT molecular complexity index is 494. The van der Waals surface area contributed by atoms with E-state index in [-0.39, 0.29) is 5.75 Å². The third kappa shape index (κ3) is 1.52. The van der Waals surface area contributed by atoms with Gasteiger partial charge in [-0.1, -0.05) is 12.1 Å². The third-order valence-corrected chi connectivity index (χ3v) is 2.38. The highest BCUT2D eigenvalue weighted by Gasteiger charge is 2.06. The van der Waals surface area contributed by atoms with E-state index in [1.54, 1.807) is 29.6 Å². The predicted molar refractivity (Wildman–Crippen MR) is 55.5 cm³/mol. The van der Waals surface area contributed by atoms with Crippen LogP contribution in [0.2, 0.25) is 0 Å². The topological polar surface area (TPSA) is 50.2 Å². The first-order valence-corrected chi connectivity index (χ1v) is 4.86. The Balaban J connectivity index is 2.73. The van der Waals surface area contributed by atoms with Gasteiger partial charge in [0, 0.05) is 10.9 Å². The van der Waals surface area contributed by atoms with E-state index in [0.29, 0.717) is 11.3 Å². The van der Waals surface area contributed by atoms with Gasteiger partial charge in [0.1, 0.15) is 0 Å². The fourth-order valence-corrected chi connectivity index (χ4v) is 1.67. The Morgan fingerprint density at radius 1 is 1.21 bits per heavy atom. The van der Waals surface area contributed by atoms with Gasteiger partial charge in [0.15, 0.2) is 5.75 Å². The van der Waals surface area contributed by atoms with Crippen molar-refractivity contribution in [2.45, 2.75) is 0 Å². The number of hydrogen-bond acceptors (Lipinski definition) is 4. The highest BCUT2D eigenvalue weighted by Crippen LogP contribution is 2.24. The van der Waals surface area contributed by atoms with Crippen LogP contribution in [0.25, 0.3) is 11.3 Å². The van der Waals surface area contributed by atoms with Gasteiger partial charge in [0.05, 0.1) is 5.69 Å². The van der Waals surface area contributed by atoms with Gasteiger partial charge in [-0.15, -0.1) is 0 Å². The molecule has 1 N–H and O–H groups in total. The Kier molecular flexibility index (Phi) is 2.28. The van der Waals surface area contributed by atoms with E-state index in [1.807, 2.05) is 0 Å². The Morgan fingerprint density at radius 3 is 2.71 bits per heavy atom. The Labute approximate surface area is 84.5 Å². The van der Waals surface area contributed by atoms with Gasteiger partial charge in [0.25, 0.3) is 0 Å². The molecular weight excluding hydrogens is 198 g/mol. The zero-order valence-electron chi connectivity index (χ0n) is 7.18. The van der Waals surface area contributed by atoms with Crippen molar-refractivity contribution in [1.29, 1.82) is 0 Å². The van der Waals surface area contributed by atoms with E-state index >= 15 is 0 Å². The van der Waals surface area contributed by atoms with E-state index < -0.39 is 5.43 Å². The second kappa shape index (κ2) is 3.59. The largest absolute Gasteiger partial charge is 0.504 e. The summed E-state index contributed by atoms with van der Waals surface area (Å²) >= 11 is 1.28. The molecule has 0 fully saturated rings. The van der Waals surface area contributed by atoms with Gasteiger partial charge in [-0.05, 0) is 29.7 Å². The van der Waals surface area contributed by atoms with Crippen LogP contribution in [0.15, 0.2) is 40.5 Å². The molecule has 0 aliphatic heterocycles. The lowest BCUT2D eigenvalue weighted by molar-refractivity contribution is 0.473. The molecule has 1 aromatic heterocycles. The van der Waals surface area contributed by atoms with Crippen molar-refractivity contribution in [3.05, 3.63) is 45.9 Å². The summed E-state index contributed by atoms with van der Waals surface area (Å²) in [5.74, 6) is -0.249. The van der Waals surface area contributed by atoms with E-state index in [2.05, 4.69) is 4.37 Å². The first-order valence-electron chi connectivity index (χ1n) is 4.02. The van der Waals surface area contributed by atoms with Crippen LogP contribution < -0.4 is 5.43 Å². The fourth-order valence-electron chi connectivity index (χ4n) is 1.14. The van der Waals surface area contributed by atoms with Crippen molar-refractivity contribution in [3.63, 3.8) is 0 Å². The van der Waals surface area contributed by atoms with Crippen molar-refractivity contribution in [2.75, 3.05) is 0 Å². The minimum atomic E-state index is -0.391. The maximum Gasteiger partial charge on any atom is 0.220 e. The molecule has 0 saturated heterocycles. The Hall–Kier alpha value is -1.68. The first kappa shape index (κ1) is 8.90. The second-order valence-electron chi connectivity index (χ2n) is 2.73. The van der Waals surface area contributed by atoms with Crippen LogP contribution in [0.1, 0.15) is 0 Å². The molecule has 70 valence electrons. The minimum Gasteiger partial charge on any atom is -0.504 e. The Morgan fingerprint density at radius 2 is 2.00 bits per heavy atom. The maximum atomic E-state index is 11.3. The standard InChI is InChI=1S/C10H7NO2S/c12-9-4-2-1-3-7(10(9)13)8-5-6-14-11-8/h1-6H,(H,12,13). The summed E-state index contributed by atoms with van der Waals surface area (Å²) in [6, 6.07) is 8.06. The van der Waals surface area contributed by atoms with Crippen LogP contribution in [-0.2, 0) is 0 Å². The second-order valence-corrected chi connectivity index (χ2v) is 3.40. The average molecular weight is 205 g/mol. The molecule has 14 heavy (non-hydrogen) atoms. The average Bonchev–Trinajstić information content (AvgIpc) is 2.64. The van der Waals surface area contributed by atoms with E-state index in [0.717, 1.165) is 0 Å². The smallest absolute Gasteiger partial charge is 0.220 e. The molecule has 3 nitrogen and oxygen atoms in total. The molecule has 0 aliphatic carbocycles. The highest BCUT2D eigenvalue weighted by atomic mass is 32.1. The molecule has 0 bridgehead atoms. The summed E-state index contributed by atoms with van der Waals surface area (Å²) in [5, 5.41) is 11.4. The van der Waals surface area contributed by atoms with Gasteiger partial charge < -0.3 is 5.11 Å². The summed E-state index contributed by atoms with van der Waals surface area (Å²) in [5.41, 5.74) is 0.708. The number of aromatic nitrogens is 1. The summed E-state index contributed by atoms with van der Waals surface area (Å²) in [7, 11) is 0. The number of nitrogens with zero attached hydrogens (tertiary/aromatic N) is 1. The number of rotatable bonds is 1. The predicted octanol–water partition coefficient (Wildman–Crippen LogP) is 1.88. The van der Waals surface area contributed by atoms with Crippen molar-refractivity contribution >= 4 is 11.5 Å². The van der Waals surface area contributed by atoms with Crippen LogP contribution in [0.4, 0.5) is 0 Å². The quantitative estimate of drug-likeness (QED) is 0.773. The van der Waals surface area contributed by atoms with Crippen LogP contribution >= 0.6 is 11.5 Å². The lowest BCUT2D eigenvalue weighted by Gasteiger charge is -1.93.